The lowest BCUT2D eigenvalue weighted by Gasteiger charge is -2.45. The van der Waals surface area contributed by atoms with Gasteiger partial charge in [0.2, 0.25) is 0 Å². The third kappa shape index (κ3) is 7.93. The van der Waals surface area contributed by atoms with E-state index in [0.717, 1.165) is 19.1 Å². The normalized spacial score (nSPS) is 28.2. The largest absolute Gasteiger partial charge is 0.473 e. The second-order valence-corrected chi connectivity index (χ2v) is 9.84. The Balaban J connectivity index is 0.000000427. The van der Waals surface area contributed by atoms with Gasteiger partial charge in [-0.15, -0.1) is 0 Å². The average Bonchev–Trinajstić information content (AvgIpc) is 3.50. The molecule has 3 fully saturated rings. The number of nitrogens with zero attached hydrogens (tertiary/aromatic N) is 1. The quantitative estimate of drug-likeness (QED) is 0.587. The third-order valence-corrected chi connectivity index (χ3v) is 7.72. The molecule has 1 saturated heterocycles. The fourth-order valence-corrected chi connectivity index (χ4v) is 5.61. The van der Waals surface area contributed by atoms with Gasteiger partial charge in [-0.1, -0.05) is 0 Å². The van der Waals surface area contributed by atoms with Crippen LogP contribution in [0.3, 0.4) is 0 Å². The highest BCUT2D eigenvalue weighted by atomic mass is 16.5. The van der Waals surface area contributed by atoms with E-state index in [0.29, 0.717) is 11.5 Å². The summed E-state index contributed by atoms with van der Waals surface area (Å²) >= 11 is 0. The molecule has 0 amide bonds. The van der Waals surface area contributed by atoms with Gasteiger partial charge < -0.3 is 24.3 Å². The molecule has 0 atom stereocenters. The van der Waals surface area contributed by atoms with Crippen LogP contribution in [-0.4, -0.2) is 59.4 Å². The van der Waals surface area contributed by atoms with E-state index in [4.69, 9.17) is 29.0 Å². The van der Waals surface area contributed by atoms with Crippen molar-refractivity contribution in [1.82, 2.24) is 4.90 Å². The van der Waals surface area contributed by atoms with E-state index in [1.807, 2.05) is 6.26 Å². The fraction of sp³-hybridized carbons (Fsp3) is 0.760. The molecule has 0 unspecified atom stereocenters. The number of carbonyl (C=O) groups is 2. The van der Waals surface area contributed by atoms with Gasteiger partial charge in [0.15, 0.2) is 0 Å². The van der Waals surface area contributed by atoms with Gasteiger partial charge in [0, 0.05) is 6.54 Å². The molecule has 0 bridgehead atoms. The van der Waals surface area contributed by atoms with Crippen LogP contribution in [-0.2, 0) is 20.7 Å². The Morgan fingerprint density at radius 3 is 2.22 bits per heavy atom. The molecule has 4 rings (SSSR count). The first-order valence-electron chi connectivity index (χ1n) is 12.3. The molecule has 1 aromatic rings. The van der Waals surface area contributed by atoms with E-state index in [2.05, 4.69) is 11.0 Å². The van der Waals surface area contributed by atoms with Crippen molar-refractivity contribution < 1.29 is 29.0 Å². The molecule has 2 saturated carbocycles. The first-order chi connectivity index (χ1) is 15.5. The Hall–Kier alpha value is -1.86. The first-order valence-corrected chi connectivity index (χ1v) is 12.3. The molecule has 180 valence electrons. The van der Waals surface area contributed by atoms with Gasteiger partial charge in [-0.2, -0.15) is 0 Å². The maximum atomic E-state index is 9.10. The maximum absolute atomic E-state index is 9.10. The number of carboxylic acid groups (broad SMARTS) is 2. The van der Waals surface area contributed by atoms with E-state index in [-0.39, 0.29) is 0 Å². The summed E-state index contributed by atoms with van der Waals surface area (Å²) in [5.41, 5.74) is 2.04. The summed E-state index contributed by atoms with van der Waals surface area (Å²) in [6, 6.07) is 2.12. The van der Waals surface area contributed by atoms with Crippen LogP contribution in [0, 0.1) is 11.3 Å². The summed E-state index contributed by atoms with van der Waals surface area (Å²) in [6.45, 7) is 4.69. The van der Waals surface area contributed by atoms with Crippen LogP contribution in [0.4, 0.5) is 0 Å². The number of aryl methyl sites for hydroxylation is 1. The van der Waals surface area contributed by atoms with Crippen molar-refractivity contribution in [3.05, 3.63) is 24.2 Å². The number of carboxylic acids is 2. The Kier molecular flexibility index (Phi) is 9.60. The highest BCUT2D eigenvalue weighted by Crippen LogP contribution is 2.49. The van der Waals surface area contributed by atoms with Crippen molar-refractivity contribution in [3.8, 4) is 0 Å². The topological polar surface area (TPSA) is 100 Å². The van der Waals surface area contributed by atoms with Gasteiger partial charge in [-0.05, 0) is 113 Å². The van der Waals surface area contributed by atoms with Gasteiger partial charge in [0.05, 0.1) is 25.2 Å². The van der Waals surface area contributed by atoms with Crippen LogP contribution in [0.15, 0.2) is 23.0 Å². The van der Waals surface area contributed by atoms with Gasteiger partial charge in [-0.25, -0.2) is 9.59 Å². The lowest BCUT2D eigenvalue weighted by Crippen LogP contribution is -2.35. The number of aliphatic carboxylic acids is 2. The Morgan fingerprint density at radius 1 is 1.03 bits per heavy atom. The minimum Gasteiger partial charge on any atom is -0.473 e. The summed E-state index contributed by atoms with van der Waals surface area (Å²) < 4.78 is 11.4. The summed E-state index contributed by atoms with van der Waals surface area (Å²) in [6.07, 6.45) is 20.8. The molecule has 1 aliphatic heterocycles. The van der Waals surface area contributed by atoms with Crippen molar-refractivity contribution in [1.29, 1.82) is 0 Å². The van der Waals surface area contributed by atoms with E-state index in [9.17, 15) is 0 Å². The molecule has 2 N–H and O–H groups in total. The summed E-state index contributed by atoms with van der Waals surface area (Å²) in [4.78, 5) is 20.8. The number of hydrogen-bond acceptors (Lipinski definition) is 5. The molecule has 0 aromatic carbocycles. The van der Waals surface area contributed by atoms with Crippen LogP contribution in [0.2, 0.25) is 0 Å². The highest BCUT2D eigenvalue weighted by Gasteiger charge is 2.38. The predicted molar refractivity (Wildman–Crippen MR) is 121 cm³/mol. The lowest BCUT2D eigenvalue weighted by atomic mass is 9.62. The van der Waals surface area contributed by atoms with Crippen molar-refractivity contribution in [2.45, 2.75) is 83.2 Å². The van der Waals surface area contributed by atoms with Gasteiger partial charge in [0.25, 0.3) is 0 Å². The molecular weight excluding hydrogens is 410 g/mol. The van der Waals surface area contributed by atoms with Crippen LogP contribution >= 0.6 is 0 Å². The van der Waals surface area contributed by atoms with Crippen molar-refractivity contribution in [2.24, 2.45) is 11.3 Å². The molecule has 7 nitrogen and oxygen atoms in total. The molecule has 1 spiro atoms. The first kappa shape index (κ1) is 24.8. The fourth-order valence-electron chi connectivity index (χ4n) is 5.61. The number of hydrogen-bond donors (Lipinski definition) is 2. The summed E-state index contributed by atoms with van der Waals surface area (Å²) in [7, 11) is 0. The number of likely N-dealkylation sites (tertiary alicyclic amines) is 1. The molecule has 2 aliphatic carbocycles. The van der Waals surface area contributed by atoms with Crippen LogP contribution in [0.1, 0.15) is 76.2 Å². The third-order valence-electron chi connectivity index (χ3n) is 7.72. The zero-order chi connectivity index (χ0) is 22.8. The average molecular weight is 450 g/mol. The number of ether oxygens (including phenoxy) is 1. The number of rotatable bonds is 7. The zero-order valence-corrected chi connectivity index (χ0v) is 19.2. The van der Waals surface area contributed by atoms with Crippen LogP contribution in [0.5, 0.6) is 0 Å². The molecule has 1 aromatic heterocycles. The maximum Gasteiger partial charge on any atom is 0.414 e. The molecule has 0 radical (unpaired) electrons. The highest BCUT2D eigenvalue weighted by molar-refractivity contribution is 6.27. The molecule has 3 aliphatic rings. The molecule has 7 heteroatoms. The van der Waals surface area contributed by atoms with Crippen molar-refractivity contribution in [2.75, 3.05) is 26.2 Å². The minimum absolute atomic E-state index is 0.544. The Bertz CT molecular complexity index is 667. The molecule has 32 heavy (non-hydrogen) atoms. The summed E-state index contributed by atoms with van der Waals surface area (Å²) in [5, 5.41) is 14.8. The second-order valence-electron chi connectivity index (χ2n) is 9.84. The van der Waals surface area contributed by atoms with Crippen LogP contribution in [0.25, 0.3) is 0 Å². The second kappa shape index (κ2) is 12.4. The van der Waals surface area contributed by atoms with E-state index >= 15 is 0 Å². The Labute approximate surface area is 191 Å². The monoisotopic (exact) mass is 449 g/mol. The van der Waals surface area contributed by atoms with Gasteiger partial charge in [-0.3, -0.25) is 0 Å². The molecule has 2 heterocycles. The lowest BCUT2D eigenvalue weighted by molar-refractivity contribution is -0.159. The predicted octanol–water partition coefficient (Wildman–Crippen LogP) is 4.60. The SMILES string of the molecule is O=C(O)C(=O)O.c1cc(CCC2CCC3(CC2)CCC(OCCN2CCCC2)CC3)co1. The smallest absolute Gasteiger partial charge is 0.414 e. The van der Waals surface area contributed by atoms with Gasteiger partial charge >= 0.3 is 11.9 Å². The Morgan fingerprint density at radius 2 is 1.66 bits per heavy atom. The van der Waals surface area contributed by atoms with E-state index < -0.39 is 11.9 Å². The number of furan rings is 1. The van der Waals surface area contributed by atoms with E-state index in [1.165, 1.54) is 95.7 Å². The van der Waals surface area contributed by atoms with Crippen molar-refractivity contribution >= 4 is 11.9 Å². The van der Waals surface area contributed by atoms with Crippen molar-refractivity contribution in [3.63, 3.8) is 0 Å². The van der Waals surface area contributed by atoms with Gasteiger partial charge in [0.1, 0.15) is 0 Å². The minimum atomic E-state index is -1.82. The summed E-state index contributed by atoms with van der Waals surface area (Å²) in [5.74, 6) is -2.71. The van der Waals surface area contributed by atoms with Crippen LogP contribution < -0.4 is 0 Å². The zero-order valence-electron chi connectivity index (χ0n) is 19.2. The molecular formula is C25H39NO6. The van der Waals surface area contributed by atoms with E-state index in [1.54, 1.807) is 6.26 Å². The standard InChI is InChI=1S/C23H37NO2.C2H2O4/c1-2-15-24(14-1)16-18-26-22-7-12-23(13-8-22)10-5-20(6-11-23)3-4-21-9-17-25-19-21;3-1(4)2(5)6/h9,17,19-20,22H,1-8,10-16,18H2;(H,3,4)(H,5,6).